The lowest BCUT2D eigenvalue weighted by atomic mass is 9.81. The van der Waals surface area contributed by atoms with Crippen molar-refractivity contribution >= 4 is 6.03 Å². The molecular formula is C16H30N2O. The van der Waals surface area contributed by atoms with E-state index in [0.29, 0.717) is 0 Å². The maximum Gasteiger partial charge on any atom is 0.317 e. The monoisotopic (exact) mass is 266 g/mol. The lowest BCUT2D eigenvalue weighted by Crippen LogP contribution is -2.45. The van der Waals surface area contributed by atoms with E-state index in [0.717, 1.165) is 50.2 Å². The zero-order valence-corrected chi connectivity index (χ0v) is 12.7. The van der Waals surface area contributed by atoms with Gasteiger partial charge in [-0.2, -0.15) is 0 Å². The fourth-order valence-electron chi connectivity index (χ4n) is 3.40. The van der Waals surface area contributed by atoms with E-state index in [1.165, 1.54) is 32.1 Å². The number of hydrogen-bond acceptors (Lipinski definition) is 1. The molecule has 19 heavy (non-hydrogen) atoms. The summed E-state index contributed by atoms with van der Waals surface area (Å²) in [6, 6.07) is 0.171. The molecule has 0 spiro atoms. The van der Waals surface area contributed by atoms with Crippen LogP contribution in [-0.2, 0) is 0 Å². The average Bonchev–Trinajstić information content (AvgIpc) is 2.46. The Bertz CT molecular complexity index is 276. The lowest BCUT2D eigenvalue weighted by molar-refractivity contribution is 0.169. The molecule has 0 unspecified atom stereocenters. The number of rotatable bonds is 3. The Hall–Kier alpha value is -0.730. The molecule has 0 aromatic heterocycles. The highest BCUT2D eigenvalue weighted by Gasteiger charge is 2.23. The molecule has 2 rings (SSSR count). The summed E-state index contributed by atoms with van der Waals surface area (Å²) < 4.78 is 0. The van der Waals surface area contributed by atoms with Gasteiger partial charge in [-0.15, -0.1) is 0 Å². The van der Waals surface area contributed by atoms with Gasteiger partial charge in [-0.1, -0.05) is 33.1 Å². The number of nitrogens with one attached hydrogen (secondary N) is 1. The number of carbonyl (C=O) groups is 1. The quantitative estimate of drug-likeness (QED) is 0.831. The van der Waals surface area contributed by atoms with E-state index < -0.39 is 0 Å². The second-order valence-corrected chi connectivity index (χ2v) is 6.65. The maximum absolute atomic E-state index is 12.1. The first-order valence-corrected chi connectivity index (χ1v) is 8.21. The first kappa shape index (κ1) is 14.7. The molecule has 1 saturated heterocycles. The molecule has 0 atom stereocenters. The fourth-order valence-corrected chi connectivity index (χ4v) is 3.40. The second kappa shape index (κ2) is 7.16. The number of likely N-dealkylation sites (tertiary alicyclic amines) is 1. The van der Waals surface area contributed by atoms with Crippen LogP contribution in [0.2, 0.25) is 0 Å². The molecule has 0 bridgehead atoms. The van der Waals surface area contributed by atoms with Crippen LogP contribution in [0.15, 0.2) is 0 Å². The van der Waals surface area contributed by atoms with Crippen molar-refractivity contribution in [2.24, 2.45) is 17.8 Å². The Balaban J connectivity index is 1.64. The topological polar surface area (TPSA) is 32.3 Å². The van der Waals surface area contributed by atoms with E-state index in [1.54, 1.807) is 0 Å². The van der Waals surface area contributed by atoms with Crippen LogP contribution in [0.1, 0.15) is 58.8 Å². The molecule has 1 aliphatic carbocycles. The van der Waals surface area contributed by atoms with Gasteiger partial charge in [-0.3, -0.25) is 0 Å². The summed E-state index contributed by atoms with van der Waals surface area (Å²) in [7, 11) is 0. The molecule has 0 aromatic carbocycles. The van der Waals surface area contributed by atoms with Crippen LogP contribution < -0.4 is 5.32 Å². The van der Waals surface area contributed by atoms with Crippen LogP contribution in [0, 0.1) is 17.8 Å². The Morgan fingerprint density at radius 2 is 1.63 bits per heavy atom. The van der Waals surface area contributed by atoms with Gasteiger partial charge in [0.15, 0.2) is 0 Å². The normalized spacial score (nSPS) is 29.3. The van der Waals surface area contributed by atoms with Gasteiger partial charge in [-0.05, 0) is 43.4 Å². The first-order chi connectivity index (χ1) is 9.19. The van der Waals surface area contributed by atoms with E-state index >= 15 is 0 Å². The number of piperidine rings is 1. The summed E-state index contributed by atoms with van der Waals surface area (Å²) >= 11 is 0. The van der Waals surface area contributed by atoms with Gasteiger partial charge in [0.1, 0.15) is 0 Å². The standard InChI is InChI=1S/C16H30N2O/c1-3-14-4-6-15(7-5-14)12-17-16(19)18-10-8-13(2)9-11-18/h13-15H,3-12H2,1-2H3,(H,17,19). The summed E-state index contributed by atoms with van der Waals surface area (Å²) in [5.74, 6) is 2.44. The number of urea groups is 1. The van der Waals surface area contributed by atoms with Gasteiger partial charge in [0.05, 0.1) is 0 Å². The number of amides is 2. The summed E-state index contributed by atoms with van der Waals surface area (Å²) in [5.41, 5.74) is 0. The van der Waals surface area contributed by atoms with Crippen molar-refractivity contribution in [2.75, 3.05) is 19.6 Å². The van der Waals surface area contributed by atoms with Crippen molar-refractivity contribution in [1.82, 2.24) is 10.2 Å². The molecule has 3 nitrogen and oxygen atoms in total. The molecule has 0 aromatic rings. The third kappa shape index (κ3) is 4.39. The molecular weight excluding hydrogens is 236 g/mol. The summed E-state index contributed by atoms with van der Waals surface area (Å²) in [6.07, 6.45) is 8.97. The molecule has 3 heteroatoms. The van der Waals surface area contributed by atoms with Crippen molar-refractivity contribution in [3.05, 3.63) is 0 Å². The molecule has 1 heterocycles. The fraction of sp³-hybridized carbons (Fsp3) is 0.938. The zero-order valence-electron chi connectivity index (χ0n) is 12.7. The largest absolute Gasteiger partial charge is 0.338 e. The van der Waals surface area contributed by atoms with E-state index in [9.17, 15) is 4.79 Å². The van der Waals surface area contributed by atoms with E-state index in [-0.39, 0.29) is 6.03 Å². The Kier molecular flexibility index (Phi) is 5.53. The van der Waals surface area contributed by atoms with Gasteiger partial charge < -0.3 is 10.2 Å². The highest BCUT2D eigenvalue weighted by atomic mass is 16.2. The molecule has 1 saturated carbocycles. The Morgan fingerprint density at radius 1 is 1.05 bits per heavy atom. The minimum atomic E-state index is 0.171. The molecule has 0 radical (unpaired) electrons. The number of carbonyl (C=O) groups excluding carboxylic acids is 1. The van der Waals surface area contributed by atoms with Crippen LogP contribution >= 0.6 is 0 Å². The molecule has 1 aliphatic heterocycles. The summed E-state index contributed by atoms with van der Waals surface area (Å²) in [4.78, 5) is 14.1. The van der Waals surface area contributed by atoms with E-state index in [1.807, 2.05) is 4.90 Å². The predicted octanol–water partition coefficient (Wildman–Crippen LogP) is 3.64. The van der Waals surface area contributed by atoms with Crippen LogP contribution in [-0.4, -0.2) is 30.6 Å². The minimum absolute atomic E-state index is 0.171. The molecule has 2 amide bonds. The minimum Gasteiger partial charge on any atom is -0.338 e. The van der Waals surface area contributed by atoms with Crippen molar-refractivity contribution in [3.63, 3.8) is 0 Å². The first-order valence-electron chi connectivity index (χ1n) is 8.21. The number of nitrogens with zero attached hydrogens (tertiary/aromatic N) is 1. The second-order valence-electron chi connectivity index (χ2n) is 6.65. The number of hydrogen-bond donors (Lipinski definition) is 1. The van der Waals surface area contributed by atoms with Crippen molar-refractivity contribution in [2.45, 2.75) is 58.8 Å². The lowest BCUT2D eigenvalue weighted by Gasteiger charge is -2.32. The maximum atomic E-state index is 12.1. The molecule has 110 valence electrons. The Morgan fingerprint density at radius 3 is 2.21 bits per heavy atom. The van der Waals surface area contributed by atoms with Gasteiger partial charge in [0, 0.05) is 19.6 Å². The molecule has 2 aliphatic rings. The predicted molar refractivity (Wildman–Crippen MR) is 79.1 cm³/mol. The van der Waals surface area contributed by atoms with Gasteiger partial charge in [0.25, 0.3) is 0 Å². The van der Waals surface area contributed by atoms with Crippen molar-refractivity contribution < 1.29 is 4.79 Å². The van der Waals surface area contributed by atoms with Crippen molar-refractivity contribution in [3.8, 4) is 0 Å². The average molecular weight is 266 g/mol. The van der Waals surface area contributed by atoms with Gasteiger partial charge in [0.2, 0.25) is 0 Å². The van der Waals surface area contributed by atoms with Crippen LogP contribution in [0.3, 0.4) is 0 Å². The Labute approximate surface area is 118 Å². The van der Waals surface area contributed by atoms with E-state index in [2.05, 4.69) is 19.2 Å². The smallest absolute Gasteiger partial charge is 0.317 e. The summed E-state index contributed by atoms with van der Waals surface area (Å²) in [5, 5.41) is 3.16. The third-order valence-electron chi connectivity index (χ3n) is 5.16. The van der Waals surface area contributed by atoms with Gasteiger partial charge >= 0.3 is 6.03 Å². The van der Waals surface area contributed by atoms with Crippen molar-refractivity contribution in [1.29, 1.82) is 0 Å². The van der Waals surface area contributed by atoms with Crippen LogP contribution in [0.25, 0.3) is 0 Å². The summed E-state index contributed by atoms with van der Waals surface area (Å²) in [6.45, 7) is 7.35. The SMILES string of the molecule is CCC1CCC(CNC(=O)N2CCC(C)CC2)CC1. The van der Waals surface area contributed by atoms with Crippen LogP contribution in [0.5, 0.6) is 0 Å². The van der Waals surface area contributed by atoms with E-state index in [4.69, 9.17) is 0 Å². The van der Waals surface area contributed by atoms with Crippen LogP contribution in [0.4, 0.5) is 4.79 Å². The van der Waals surface area contributed by atoms with Gasteiger partial charge in [-0.25, -0.2) is 4.79 Å². The highest BCUT2D eigenvalue weighted by Crippen LogP contribution is 2.30. The highest BCUT2D eigenvalue weighted by molar-refractivity contribution is 5.74. The zero-order chi connectivity index (χ0) is 13.7. The molecule has 1 N–H and O–H groups in total. The molecule has 2 fully saturated rings. The third-order valence-corrected chi connectivity index (χ3v) is 5.16.